The monoisotopic (exact) mass is 380 g/mol. The van der Waals surface area contributed by atoms with Gasteiger partial charge in [0.05, 0.1) is 0 Å². The van der Waals surface area contributed by atoms with Crippen LogP contribution in [0, 0.1) is 0 Å². The molecule has 2 nitrogen and oxygen atoms in total. The first-order valence-corrected chi connectivity index (χ1v) is 11.9. The molecule has 152 valence electrons. The molecule has 3 heterocycles. The zero-order chi connectivity index (χ0) is 19.3. The van der Waals surface area contributed by atoms with Gasteiger partial charge in [0.2, 0.25) is 0 Å². The van der Waals surface area contributed by atoms with Crippen molar-refractivity contribution in [3.05, 3.63) is 60.2 Å². The summed E-state index contributed by atoms with van der Waals surface area (Å²) in [7, 11) is 0. The Morgan fingerprint density at radius 3 is 1.29 bits per heavy atom. The lowest BCUT2D eigenvalue weighted by Crippen LogP contribution is -2.36. The van der Waals surface area contributed by atoms with Crippen LogP contribution in [0.1, 0.15) is 88.2 Å². The minimum atomic E-state index is 1.13. The highest BCUT2D eigenvalue weighted by Gasteiger charge is 2.07. The van der Waals surface area contributed by atoms with E-state index in [0.717, 1.165) is 13.1 Å². The minimum Gasteiger partial charge on any atom is -0.205 e. The summed E-state index contributed by atoms with van der Waals surface area (Å²) >= 11 is 0. The van der Waals surface area contributed by atoms with Crippen molar-refractivity contribution in [3.8, 4) is 0 Å². The number of hydrogen-bond acceptors (Lipinski definition) is 0. The Hall–Kier alpha value is -1.70. The molecule has 2 heteroatoms. The molecular weight excluding hydrogens is 340 g/mol. The summed E-state index contributed by atoms with van der Waals surface area (Å²) < 4.78 is 4.78. The van der Waals surface area contributed by atoms with Gasteiger partial charge in [0.1, 0.15) is 13.1 Å². The van der Waals surface area contributed by atoms with Crippen molar-refractivity contribution in [1.82, 2.24) is 0 Å². The van der Waals surface area contributed by atoms with Crippen LogP contribution in [-0.4, -0.2) is 0 Å². The predicted octanol–water partition coefficient (Wildman–Crippen LogP) is 5.74. The van der Waals surface area contributed by atoms with Gasteiger partial charge in [-0.3, -0.25) is 0 Å². The second-order valence-electron chi connectivity index (χ2n) is 8.64. The maximum Gasteiger partial charge on any atom is 0.171 e. The van der Waals surface area contributed by atoms with Gasteiger partial charge in [-0.15, -0.1) is 0 Å². The molecule has 1 aliphatic heterocycles. The van der Waals surface area contributed by atoms with Crippen LogP contribution in [-0.2, 0) is 25.9 Å². The zero-order valence-corrected chi connectivity index (χ0v) is 17.8. The maximum absolute atomic E-state index is 2.39. The van der Waals surface area contributed by atoms with Crippen molar-refractivity contribution in [3.63, 3.8) is 0 Å². The number of rotatable bonds is 0. The predicted molar refractivity (Wildman–Crippen MR) is 116 cm³/mol. The van der Waals surface area contributed by atoms with Crippen molar-refractivity contribution in [2.45, 2.75) is 103 Å². The first kappa shape index (κ1) is 21.0. The highest BCUT2D eigenvalue weighted by molar-refractivity contribution is 5.05. The summed E-state index contributed by atoms with van der Waals surface area (Å²) in [5.74, 6) is 0. The third-order valence-electron chi connectivity index (χ3n) is 6.10. The Morgan fingerprint density at radius 2 is 0.857 bits per heavy atom. The van der Waals surface area contributed by atoms with Crippen LogP contribution in [0.2, 0.25) is 0 Å². The van der Waals surface area contributed by atoms with E-state index in [9.17, 15) is 0 Å². The van der Waals surface area contributed by atoms with Crippen molar-refractivity contribution in [1.29, 1.82) is 0 Å². The van der Waals surface area contributed by atoms with Crippen molar-refractivity contribution < 1.29 is 9.13 Å². The average molecular weight is 381 g/mol. The third kappa shape index (κ3) is 8.12. The van der Waals surface area contributed by atoms with Gasteiger partial charge in [0.15, 0.2) is 24.8 Å². The molecule has 28 heavy (non-hydrogen) atoms. The van der Waals surface area contributed by atoms with Gasteiger partial charge in [0, 0.05) is 36.1 Å². The molecule has 0 N–H and O–H groups in total. The Morgan fingerprint density at radius 1 is 0.464 bits per heavy atom. The number of nitrogens with zero attached hydrogens (tertiary/aromatic N) is 2. The van der Waals surface area contributed by atoms with Crippen molar-refractivity contribution in [2.75, 3.05) is 0 Å². The van der Waals surface area contributed by atoms with Gasteiger partial charge in [-0.1, -0.05) is 51.4 Å². The lowest BCUT2D eigenvalue weighted by atomic mass is 10.0. The fraction of sp³-hybridized carbons (Fsp3) is 0.615. The Bertz CT molecular complexity index is 620. The van der Waals surface area contributed by atoms with Crippen LogP contribution in [0.5, 0.6) is 0 Å². The van der Waals surface area contributed by atoms with Crippen LogP contribution < -0.4 is 9.13 Å². The second-order valence-corrected chi connectivity index (χ2v) is 8.64. The molecule has 0 aliphatic carbocycles. The van der Waals surface area contributed by atoms with Gasteiger partial charge in [-0.25, -0.2) is 9.13 Å². The van der Waals surface area contributed by atoms with Gasteiger partial charge >= 0.3 is 0 Å². The standard InChI is InChI=1S/C26H40N2/c1-2-4-6-8-10-16-26-18-14-22-28(24-26)20-12-11-19-27-21-13-17-25(23-27)15-9-7-5-3-1/h13-14,17-18,21-24H,1-12,15-16,19-20H2/q+2. The molecule has 1 aliphatic rings. The minimum absolute atomic E-state index is 1.13. The third-order valence-corrected chi connectivity index (χ3v) is 6.10. The molecule has 2 aromatic heterocycles. The fourth-order valence-corrected chi connectivity index (χ4v) is 4.39. The van der Waals surface area contributed by atoms with Gasteiger partial charge in [-0.2, -0.15) is 0 Å². The number of aryl methyl sites for hydroxylation is 4. The van der Waals surface area contributed by atoms with E-state index in [4.69, 9.17) is 0 Å². The van der Waals surface area contributed by atoms with Gasteiger partial charge < -0.3 is 0 Å². The Labute approximate surface area is 172 Å². The summed E-state index contributed by atoms with van der Waals surface area (Å²) in [6.45, 7) is 2.27. The molecule has 0 fully saturated rings. The lowest BCUT2D eigenvalue weighted by molar-refractivity contribution is -0.708. The van der Waals surface area contributed by atoms with Crippen LogP contribution in [0.3, 0.4) is 0 Å². The van der Waals surface area contributed by atoms with E-state index in [-0.39, 0.29) is 0 Å². The Balaban J connectivity index is 1.53. The average Bonchev–Trinajstić information content (AvgIpc) is 2.72. The van der Waals surface area contributed by atoms with E-state index >= 15 is 0 Å². The molecule has 0 amide bonds. The van der Waals surface area contributed by atoms with Crippen molar-refractivity contribution in [2.24, 2.45) is 0 Å². The summed E-state index contributed by atoms with van der Waals surface area (Å²) in [6, 6.07) is 9.06. The number of hydrogen-bond donors (Lipinski definition) is 0. The largest absolute Gasteiger partial charge is 0.205 e. The SMILES string of the molecule is c1cc2c[n+](c1)CCCC[n+]1cccc(c1)CCCCCCCCCCCC2. The van der Waals surface area contributed by atoms with E-state index in [1.165, 1.54) is 101 Å². The fourth-order valence-electron chi connectivity index (χ4n) is 4.39. The molecule has 2 aromatic rings. The highest BCUT2D eigenvalue weighted by Crippen LogP contribution is 2.13. The second kappa shape index (κ2) is 12.7. The zero-order valence-electron chi connectivity index (χ0n) is 17.8. The van der Waals surface area contributed by atoms with Crippen LogP contribution in [0.15, 0.2) is 49.1 Å². The molecule has 0 saturated heterocycles. The van der Waals surface area contributed by atoms with Crippen LogP contribution in [0.25, 0.3) is 0 Å². The molecule has 0 spiro atoms. The highest BCUT2D eigenvalue weighted by atomic mass is 14.9. The molecule has 0 unspecified atom stereocenters. The van der Waals surface area contributed by atoms with Crippen LogP contribution in [0.4, 0.5) is 0 Å². The summed E-state index contributed by atoms with van der Waals surface area (Å²) in [5, 5.41) is 0. The normalized spacial score (nSPS) is 18.6. The smallest absolute Gasteiger partial charge is 0.171 e. The molecule has 0 atom stereocenters. The quantitative estimate of drug-likeness (QED) is 0.515. The van der Waals surface area contributed by atoms with E-state index in [2.05, 4.69) is 58.2 Å². The summed E-state index contributed by atoms with van der Waals surface area (Å²) in [4.78, 5) is 0. The molecule has 3 rings (SSSR count). The van der Waals surface area contributed by atoms with Crippen molar-refractivity contribution >= 4 is 0 Å². The molecule has 0 aromatic carbocycles. The number of pyridine rings is 2. The van der Waals surface area contributed by atoms with E-state index in [1.807, 2.05) is 0 Å². The molecule has 0 saturated carbocycles. The lowest BCUT2D eigenvalue weighted by Gasteiger charge is -2.05. The Kier molecular flexibility index (Phi) is 9.53. The number of fused-ring (bicyclic) bond motifs is 4. The molecule has 4 bridgehead atoms. The first-order valence-electron chi connectivity index (χ1n) is 11.9. The van der Waals surface area contributed by atoms with Crippen LogP contribution >= 0.6 is 0 Å². The van der Waals surface area contributed by atoms with E-state index in [1.54, 1.807) is 0 Å². The molecular formula is C26H40N2+2. The maximum atomic E-state index is 2.39. The topological polar surface area (TPSA) is 7.76 Å². The first-order chi connectivity index (χ1) is 13.9. The van der Waals surface area contributed by atoms with E-state index < -0.39 is 0 Å². The summed E-state index contributed by atoms with van der Waals surface area (Å²) in [5.41, 5.74) is 3.01. The summed E-state index contributed by atoms with van der Waals surface area (Å²) in [6.07, 6.45) is 28.2. The van der Waals surface area contributed by atoms with Gasteiger partial charge in [0.25, 0.3) is 0 Å². The van der Waals surface area contributed by atoms with Gasteiger partial charge in [-0.05, 0) is 37.8 Å². The van der Waals surface area contributed by atoms with E-state index in [0.29, 0.717) is 0 Å². The number of aromatic nitrogens is 2. The molecule has 0 radical (unpaired) electrons.